The van der Waals surface area contributed by atoms with E-state index < -0.39 is 5.89 Å². The predicted molar refractivity (Wildman–Crippen MR) is 95.4 cm³/mol. The lowest BCUT2D eigenvalue weighted by Gasteiger charge is -2.43. The molecular formula is C21H31NO. The maximum absolute atomic E-state index is 13.5. The van der Waals surface area contributed by atoms with Gasteiger partial charge in [0.25, 0.3) is 0 Å². The second-order valence-corrected chi connectivity index (χ2v) is 7.29. The summed E-state index contributed by atoms with van der Waals surface area (Å²) in [6.07, 6.45) is 11.9. The van der Waals surface area contributed by atoms with Gasteiger partial charge in [-0.15, -0.1) is 0 Å². The van der Waals surface area contributed by atoms with Crippen LogP contribution >= 0.6 is 0 Å². The van der Waals surface area contributed by atoms with Crippen molar-refractivity contribution in [3.8, 4) is 0 Å². The molecule has 0 radical (unpaired) electrons. The maximum atomic E-state index is 13.5. The van der Waals surface area contributed by atoms with Crippen LogP contribution in [0.5, 0.6) is 0 Å². The number of carbonyl (C=O) groups excluding carboxylic acids is 1. The van der Waals surface area contributed by atoms with Gasteiger partial charge in [0.15, 0.2) is 0 Å². The van der Waals surface area contributed by atoms with Crippen LogP contribution in [0.25, 0.3) is 0 Å². The molecule has 2 nitrogen and oxygen atoms in total. The summed E-state index contributed by atoms with van der Waals surface area (Å²) < 4.78 is 8.85. The van der Waals surface area contributed by atoms with Gasteiger partial charge in [0.05, 0.1) is 5.89 Å². The summed E-state index contributed by atoms with van der Waals surface area (Å²) in [5.74, 6) is -1.16. The first-order valence-corrected chi connectivity index (χ1v) is 9.49. The summed E-state index contributed by atoms with van der Waals surface area (Å²) >= 11 is 0. The molecule has 126 valence electrons. The van der Waals surface area contributed by atoms with Gasteiger partial charge in [-0.3, -0.25) is 4.79 Å². The first kappa shape index (κ1) is 15.2. The smallest absolute Gasteiger partial charge is 0.230 e. The fourth-order valence-corrected chi connectivity index (χ4v) is 4.35. The first-order valence-electron chi connectivity index (χ1n) is 9.99. The molecule has 1 atom stereocenters. The largest absolute Gasteiger partial charge is 0.336 e. The van der Waals surface area contributed by atoms with Crippen molar-refractivity contribution in [2.45, 2.75) is 89.1 Å². The molecule has 3 rings (SSSR count). The van der Waals surface area contributed by atoms with Crippen LogP contribution in [0.4, 0.5) is 0 Å². The monoisotopic (exact) mass is 314 g/mol. The molecule has 0 aliphatic heterocycles. The molecule has 2 fully saturated rings. The van der Waals surface area contributed by atoms with Crippen LogP contribution in [0, 0.1) is 0 Å². The molecule has 0 saturated heterocycles. The van der Waals surface area contributed by atoms with Crippen molar-refractivity contribution >= 4 is 5.91 Å². The van der Waals surface area contributed by atoms with Gasteiger partial charge in [0.2, 0.25) is 5.91 Å². The molecule has 2 saturated carbocycles. The average molecular weight is 314 g/mol. The Hall–Kier alpha value is -1.31. The fourth-order valence-electron chi connectivity index (χ4n) is 4.35. The average Bonchev–Trinajstić information content (AvgIpc) is 2.64. The lowest BCUT2D eigenvalue weighted by Crippen LogP contribution is -2.50. The zero-order valence-corrected chi connectivity index (χ0v) is 14.5. The molecule has 0 heterocycles. The lowest BCUT2D eigenvalue weighted by atomic mass is 9.87. The summed E-state index contributed by atoms with van der Waals surface area (Å²) in [5, 5.41) is 0. The van der Waals surface area contributed by atoms with Crippen LogP contribution in [0.3, 0.4) is 0 Å². The van der Waals surface area contributed by atoms with Crippen LogP contribution in [-0.4, -0.2) is 22.9 Å². The third kappa shape index (κ3) is 3.97. The summed E-state index contributed by atoms with van der Waals surface area (Å²) in [6, 6.07) is 10.4. The van der Waals surface area contributed by atoms with E-state index in [1.165, 1.54) is 38.5 Å². The molecule has 1 unspecified atom stereocenters. The zero-order chi connectivity index (χ0) is 17.0. The zero-order valence-electron chi connectivity index (χ0n) is 15.5. The van der Waals surface area contributed by atoms with Crippen molar-refractivity contribution in [1.82, 2.24) is 4.90 Å². The van der Waals surface area contributed by atoms with E-state index in [9.17, 15) is 4.79 Å². The van der Waals surface area contributed by atoms with Crippen molar-refractivity contribution in [1.29, 1.82) is 0 Å². The van der Waals surface area contributed by atoms with Crippen LogP contribution in [0.15, 0.2) is 30.3 Å². The molecule has 0 bridgehead atoms. The molecular weight excluding hydrogens is 282 g/mol. The van der Waals surface area contributed by atoms with E-state index in [0.717, 1.165) is 31.2 Å². The van der Waals surface area contributed by atoms with E-state index in [0.29, 0.717) is 12.1 Å². The first-order chi connectivity index (χ1) is 11.6. The van der Waals surface area contributed by atoms with Crippen molar-refractivity contribution in [3.63, 3.8) is 0 Å². The van der Waals surface area contributed by atoms with Gasteiger partial charge in [0.1, 0.15) is 0 Å². The predicted octanol–water partition coefficient (Wildman–Crippen LogP) is 5.28. The van der Waals surface area contributed by atoms with Gasteiger partial charge in [0, 0.05) is 13.5 Å². The molecule has 1 amide bonds. The Labute approximate surface area is 142 Å². The van der Waals surface area contributed by atoms with Gasteiger partial charge in [-0.05, 0) is 38.2 Å². The van der Waals surface area contributed by atoms with Gasteiger partial charge in [-0.2, -0.15) is 0 Å². The molecule has 0 N–H and O–H groups in total. The Bertz CT molecular complexity index is 512. The van der Waals surface area contributed by atoms with E-state index in [1.807, 2.05) is 30.3 Å². The number of amides is 1. The number of rotatable bonds is 4. The SMILES string of the molecule is [2H]C(C)(C(=O)N(C1CCCCC1)C1CCCCC1)c1ccccc1. The number of hydrogen-bond acceptors (Lipinski definition) is 1. The Morgan fingerprint density at radius 1 is 0.957 bits per heavy atom. The molecule has 2 heteroatoms. The fraction of sp³-hybridized carbons (Fsp3) is 0.667. The van der Waals surface area contributed by atoms with Crippen LogP contribution in [0.2, 0.25) is 0 Å². The van der Waals surface area contributed by atoms with E-state index in [4.69, 9.17) is 1.37 Å². The van der Waals surface area contributed by atoms with E-state index in [-0.39, 0.29) is 5.91 Å². The summed E-state index contributed by atoms with van der Waals surface area (Å²) in [6.45, 7) is 1.78. The van der Waals surface area contributed by atoms with Crippen molar-refractivity contribution in [2.75, 3.05) is 0 Å². The van der Waals surface area contributed by atoms with Gasteiger partial charge in [-0.1, -0.05) is 68.9 Å². The minimum absolute atomic E-state index is 0.0208. The number of carbonyl (C=O) groups is 1. The second kappa shape index (κ2) is 7.99. The van der Waals surface area contributed by atoms with E-state index in [2.05, 4.69) is 4.90 Å². The number of hydrogen-bond donors (Lipinski definition) is 0. The highest BCUT2D eigenvalue weighted by atomic mass is 16.2. The van der Waals surface area contributed by atoms with E-state index in [1.54, 1.807) is 6.92 Å². The van der Waals surface area contributed by atoms with Crippen LogP contribution in [-0.2, 0) is 4.79 Å². The Morgan fingerprint density at radius 2 is 1.43 bits per heavy atom. The third-order valence-electron chi connectivity index (χ3n) is 5.70. The standard InChI is InChI=1S/C21H31NO/c1-17(18-11-5-2-6-12-18)21(23)22(19-13-7-3-8-14-19)20-15-9-4-10-16-20/h2,5-6,11-12,17,19-20H,3-4,7-10,13-16H2,1H3/i17D. The topological polar surface area (TPSA) is 20.3 Å². The Morgan fingerprint density at radius 3 is 1.91 bits per heavy atom. The van der Waals surface area contributed by atoms with Crippen molar-refractivity contribution < 1.29 is 6.17 Å². The van der Waals surface area contributed by atoms with Crippen molar-refractivity contribution in [3.05, 3.63) is 35.9 Å². The quantitative estimate of drug-likeness (QED) is 0.740. The van der Waals surface area contributed by atoms with E-state index >= 15 is 0 Å². The molecule has 0 aromatic heterocycles. The molecule has 2 aliphatic carbocycles. The minimum Gasteiger partial charge on any atom is -0.336 e. The number of benzene rings is 1. The highest BCUT2D eigenvalue weighted by Gasteiger charge is 2.34. The molecule has 23 heavy (non-hydrogen) atoms. The minimum atomic E-state index is -1.18. The summed E-state index contributed by atoms with van der Waals surface area (Å²) in [7, 11) is 0. The molecule has 0 spiro atoms. The van der Waals surface area contributed by atoms with Crippen molar-refractivity contribution in [2.24, 2.45) is 0 Å². The molecule has 2 aliphatic rings. The second-order valence-electron chi connectivity index (χ2n) is 7.29. The normalized spacial score (nSPS) is 23.8. The highest BCUT2D eigenvalue weighted by Crippen LogP contribution is 2.33. The van der Waals surface area contributed by atoms with Gasteiger partial charge >= 0.3 is 0 Å². The summed E-state index contributed by atoms with van der Waals surface area (Å²) in [5.41, 5.74) is 0.812. The Balaban J connectivity index is 1.87. The van der Waals surface area contributed by atoms with Crippen LogP contribution < -0.4 is 0 Å². The summed E-state index contributed by atoms with van der Waals surface area (Å²) in [4.78, 5) is 15.7. The van der Waals surface area contributed by atoms with Gasteiger partial charge < -0.3 is 4.90 Å². The number of nitrogens with zero attached hydrogens (tertiary/aromatic N) is 1. The maximum Gasteiger partial charge on any atom is 0.230 e. The van der Waals surface area contributed by atoms with Crippen LogP contribution in [0.1, 0.15) is 84.0 Å². The lowest BCUT2D eigenvalue weighted by molar-refractivity contribution is -0.139. The van der Waals surface area contributed by atoms with Gasteiger partial charge in [-0.25, -0.2) is 0 Å². The molecule has 1 aromatic carbocycles. The third-order valence-corrected chi connectivity index (χ3v) is 5.70. The Kier molecular flexibility index (Phi) is 5.29. The highest BCUT2D eigenvalue weighted by molar-refractivity contribution is 5.84. The molecule has 1 aromatic rings.